The Labute approximate surface area is 153 Å². The van der Waals surface area contributed by atoms with Crippen LogP contribution in [0, 0.1) is 11.7 Å². The van der Waals surface area contributed by atoms with Crippen LogP contribution in [0.5, 0.6) is 5.75 Å². The summed E-state index contributed by atoms with van der Waals surface area (Å²) in [6, 6.07) is 11.8. The Morgan fingerprint density at radius 2 is 1.81 bits per heavy atom. The van der Waals surface area contributed by atoms with Gasteiger partial charge in [0.2, 0.25) is 10.9 Å². The summed E-state index contributed by atoms with van der Waals surface area (Å²) in [5.41, 5.74) is 4.09. The van der Waals surface area contributed by atoms with Crippen LogP contribution in [-0.4, -0.2) is 14.0 Å². The molecule has 0 aromatic heterocycles. The summed E-state index contributed by atoms with van der Waals surface area (Å²) < 4.78 is 44.0. The maximum atomic E-state index is 13.4. The first kappa shape index (κ1) is 17.1. The summed E-state index contributed by atoms with van der Waals surface area (Å²) >= 11 is 0. The average molecular weight is 373 g/mol. The molecule has 0 spiro atoms. The van der Waals surface area contributed by atoms with E-state index in [2.05, 4.69) is 4.72 Å². The Morgan fingerprint density at radius 3 is 2.42 bits per heavy atom. The van der Waals surface area contributed by atoms with Crippen molar-refractivity contribution in [1.82, 2.24) is 0 Å². The van der Waals surface area contributed by atoms with Gasteiger partial charge in [0.05, 0.1) is 5.69 Å². The number of hydrogen-bond donors (Lipinski definition) is 2. The maximum Gasteiger partial charge on any atom is 0.222 e. The van der Waals surface area contributed by atoms with Gasteiger partial charge in [0.15, 0.2) is 0 Å². The van der Waals surface area contributed by atoms with Crippen LogP contribution >= 0.6 is 0 Å². The summed E-state index contributed by atoms with van der Waals surface area (Å²) in [4.78, 5) is 0. The van der Waals surface area contributed by atoms with Crippen LogP contribution in [0.1, 0.15) is 37.8 Å². The summed E-state index contributed by atoms with van der Waals surface area (Å²) in [6.07, 6.45) is 2.25. The number of ether oxygens (including phenoxy) is 1. The van der Waals surface area contributed by atoms with Crippen molar-refractivity contribution in [2.45, 2.75) is 32.3 Å². The van der Waals surface area contributed by atoms with Gasteiger partial charge in [-0.1, -0.05) is 12.1 Å². The number of thiol groups is 1. The molecule has 1 saturated carbocycles. The molecule has 0 radical (unpaired) electrons. The highest BCUT2D eigenvalue weighted by atomic mass is 32.2. The van der Waals surface area contributed by atoms with E-state index in [4.69, 9.17) is 4.74 Å². The molecule has 4 nitrogen and oxygen atoms in total. The van der Waals surface area contributed by atoms with Gasteiger partial charge >= 0.3 is 0 Å². The van der Waals surface area contributed by atoms with Crippen LogP contribution in [0.15, 0.2) is 48.0 Å². The lowest BCUT2D eigenvalue weighted by Crippen LogP contribution is -2.36. The smallest absolute Gasteiger partial charge is 0.222 e. The monoisotopic (exact) mass is 373 g/mol. The normalized spacial score (nSPS) is 18.5. The van der Waals surface area contributed by atoms with Crippen molar-refractivity contribution < 1.29 is 17.5 Å². The van der Waals surface area contributed by atoms with Crippen LogP contribution in [0.2, 0.25) is 0 Å². The largest absolute Gasteiger partial charge is 0.483 e. The molecule has 1 heterocycles. The number of rotatable bonds is 4. The molecule has 6 heteroatoms. The fourth-order valence-electron chi connectivity index (χ4n) is 3.76. The van der Waals surface area contributed by atoms with E-state index >= 15 is 0 Å². The Hall–Kier alpha value is -2.34. The molecule has 136 valence electrons. The lowest BCUT2D eigenvalue weighted by Gasteiger charge is -2.38. The fourth-order valence-corrected chi connectivity index (χ4v) is 4.11. The van der Waals surface area contributed by atoms with Crippen LogP contribution in [0.4, 0.5) is 10.1 Å². The van der Waals surface area contributed by atoms with Gasteiger partial charge < -0.3 is 4.74 Å². The lowest BCUT2D eigenvalue weighted by molar-refractivity contribution is 0.138. The van der Waals surface area contributed by atoms with Crippen molar-refractivity contribution in [2.75, 3.05) is 4.72 Å². The second-order valence-corrected chi connectivity index (χ2v) is 8.00. The van der Waals surface area contributed by atoms with Crippen LogP contribution in [0.25, 0.3) is 5.57 Å². The molecule has 26 heavy (non-hydrogen) atoms. The molecular formula is C20H20FNO3S. The van der Waals surface area contributed by atoms with Crippen LogP contribution < -0.4 is 9.46 Å². The van der Waals surface area contributed by atoms with E-state index in [1.807, 2.05) is 19.9 Å². The molecule has 0 amide bonds. The molecule has 1 aliphatic heterocycles. The van der Waals surface area contributed by atoms with Gasteiger partial charge in [0.1, 0.15) is 17.2 Å². The predicted molar refractivity (Wildman–Crippen MR) is 100 cm³/mol. The number of nitrogens with one attached hydrogen (secondary N) is 1. The van der Waals surface area contributed by atoms with Crippen molar-refractivity contribution in [3.05, 3.63) is 65.0 Å². The third-order valence-corrected chi connectivity index (χ3v) is 5.31. The van der Waals surface area contributed by atoms with E-state index in [0.29, 0.717) is 17.4 Å². The van der Waals surface area contributed by atoms with Crippen molar-refractivity contribution >= 4 is 22.2 Å². The topological polar surface area (TPSA) is 55.4 Å². The number of anilines is 1. The average Bonchev–Trinajstić information content (AvgIpc) is 3.37. The molecule has 1 fully saturated rings. The molecule has 0 saturated heterocycles. The van der Waals surface area contributed by atoms with Crippen molar-refractivity contribution in [2.24, 2.45) is 5.92 Å². The van der Waals surface area contributed by atoms with Crippen LogP contribution in [0.3, 0.4) is 0 Å². The zero-order valence-corrected chi connectivity index (χ0v) is 15.5. The van der Waals surface area contributed by atoms with Gasteiger partial charge in [0.25, 0.3) is 0 Å². The molecule has 4 rings (SSSR count). The zero-order chi connectivity index (χ0) is 18.5. The highest BCUT2D eigenvalue weighted by Gasteiger charge is 2.43. The Bertz CT molecular complexity index is 965. The minimum Gasteiger partial charge on any atom is -0.483 e. The first-order chi connectivity index (χ1) is 12.3. The molecule has 1 aliphatic carbocycles. The number of hydrogen-bond acceptors (Lipinski definition) is 3. The van der Waals surface area contributed by atoms with Gasteiger partial charge in [-0.2, -0.15) is 0 Å². The first-order valence-electron chi connectivity index (χ1n) is 8.60. The van der Waals surface area contributed by atoms with Gasteiger partial charge in [-0.3, -0.25) is 4.72 Å². The van der Waals surface area contributed by atoms with Gasteiger partial charge in [-0.25, -0.2) is 12.8 Å². The van der Waals surface area contributed by atoms with Crippen molar-refractivity contribution in [1.29, 1.82) is 0 Å². The molecule has 1 N–H and O–H groups in total. The second kappa shape index (κ2) is 6.13. The third-order valence-electron chi connectivity index (χ3n) is 4.87. The van der Waals surface area contributed by atoms with Gasteiger partial charge in [-0.05, 0) is 73.6 Å². The zero-order valence-electron chi connectivity index (χ0n) is 14.6. The minimum atomic E-state index is -2.74. The minimum absolute atomic E-state index is 0.271. The van der Waals surface area contributed by atoms with E-state index in [1.54, 1.807) is 24.3 Å². The third kappa shape index (κ3) is 3.09. The number of benzene rings is 2. The molecule has 2 aromatic carbocycles. The van der Waals surface area contributed by atoms with Crippen molar-refractivity contribution in [3.8, 4) is 5.75 Å². The number of halogens is 1. The molecule has 2 aromatic rings. The SMILES string of the molecule is CC1(C)Oc2cc(N[SH](=O)=O)ccc2C(c2ccc(F)cc2)=C1C1CC1. The quantitative estimate of drug-likeness (QED) is 0.792. The van der Waals surface area contributed by atoms with Crippen molar-refractivity contribution in [3.63, 3.8) is 0 Å². The second-order valence-electron chi connectivity index (χ2n) is 7.26. The van der Waals surface area contributed by atoms with Crippen LogP contribution in [-0.2, 0) is 10.9 Å². The molecule has 0 atom stereocenters. The van der Waals surface area contributed by atoms with Gasteiger partial charge in [0, 0.05) is 11.6 Å². The van der Waals surface area contributed by atoms with E-state index in [1.165, 1.54) is 17.7 Å². The maximum absolute atomic E-state index is 13.4. The standard InChI is InChI=1S/C20H20FNO3S/c1-20(2)19(13-3-4-13)18(12-5-7-14(21)8-6-12)16-10-9-15(22-26(23)24)11-17(16)25-20/h5-11,13,26H,3-4H2,1-2H3,(H,22,23,24). The summed E-state index contributed by atoms with van der Waals surface area (Å²) in [5.74, 6) is 0.820. The van der Waals surface area contributed by atoms with E-state index in [0.717, 1.165) is 29.5 Å². The summed E-state index contributed by atoms with van der Waals surface area (Å²) in [5, 5.41) is 0. The highest BCUT2D eigenvalue weighted by Crippen LogP contribution is 2.52. The summed E-state index contributed by atoms with van der Waals surface area (Å²) in [6.45, 7) is 4.06. The fraction of sp³-hybridized carbons (Fsp3) is 0.300. The predicted octanol–water partition coefficient (Wildman–Crippen LogP) is 4.15. The molecular weight excluding hydrogens is 353 g/mol. The Kier molecular flexibility index (Phi) is 4.03. The lowest BCUT2D eigenvalue weighted by atomic mass is 9.80. The summed E-state index contributed by atoms with van der Waals surface area (Å²) in [7, 11) is -2.74. The molecule has 0 unspecified atom stereocenters. The Balaban J connectivity index is 1.93. The van der Waals surface area contributed by atoms with E-state index < -0.39 is 16.5 Å². The molecule has 0 bridgehead atoms. The van der Waals surface area contributed by atoms with E-state index in [-0.39, 0.29) is 5.82 Å². The first-order valence-corrected chi connectivity index (χ1v) is 9.78. The highest BCUT2D eigenvalue weighted by molar-refractivity contribution is 7.73. The Morgan fingerprint density at radius 1 is 1.12 bits per heavy atom. The van der Waals surface area contributed by atoms with E-state index in [9.17, 15) is 12.8 Å². The van der Waals surface area contributed by atoms with Gasteiger partial charge in [-0.15, -0.1) is 0 Å². The number of fused-ring (bicyclic) bond motifs is 1. The molecule has 2 aliphatic rings.